The van der Waals surface area contributed by atoms with Crippen LogP contribution in [-0.2, 0) is 14.3 Å². The second kappa shape index (κ2) is 9.03. The van der Waals surface area contributed by atoms with E-state index >= 15 is 0 Å². The summed E-state index contributed by atoms with van der Waals surface area (Å²) in [4.78, 5) is 23.7. The molecule has 1 rings (SSSR count). The molecule has 0 aliphatic heterocycles. The number of primary amides is 1. The lowest BCUT2D eigenvalue weighted by Gasteiger charge is -2.23. The maximum atomic E-state index is 12.0. The molecule has 1 aromatic rings. The molecule has 0 aromatic heterocycles. The minimum Gasteiger partial charge on any atom is -0.469 e. The molecular formula is C18H25NO3. The average molecular weight is 303 g/mol. The van der Waals surface area contributed by atoms with Crippen LogP contribution in [0.4, 0.5) is 0 Å². The summed E-state index contributed by atoms with van der Waals surface area (Å²) in [6.07, 6.45) is 4.84. The van der Waals surface area contributed by atoms with Crippen LogP contribution < -0.4 is 5.73 Å². The Balaban J connectivity index is 2.85. The number of esters is 1. The first-order valence-electron chi connectivity index (χ1n) is 7.54. The first-order chi connectivity index (χ1) is 10.5. The van der Waals surface area contributed by atoms with E-state index in [2.05, 4.69) is 0 Å². The number of nitrogens with two attached hydrogens (primary N) is 1. The summed E-state index contributed by atoms with van der Waals surface area (Å²) in [7, 11) is 1.34. The van der Waals surface area contributed by atoms with Gasteiger partial charge in [-0.25, -0.2) is 0 Å². The zero-order valence-corrected chi connectivity index (χ0v) is 13.5. The summed E-state index contributed by atoms with van der Waals surface area (Å²) >= 11 is 0. The minimum atomic E-state index is -0.537. The van der Waals surface area contributed by atoms with Gasteiger partial charge in [0.2, 0.25) is 5.91 Å². The molecule has 0 bridgehead atoms. The van der Waals surface area contributed by atoms with E-state index in [1.54, 1.807) is 0 Å². The van der Waals surface area contributed by atoms with Gasteiger partial charge >= 0.3 is 5.97 Å². The lowest BCUT2D eigenvalue weighted by Crippen LogP contribution is -2.35. The molecule has 4 heteroatoms. The maximum absolute atomic E-state index is 12.0. The van der Waals surface area contributed by atoms with Crippen molar-refractivity contribution in [1.82, 2.24) is 0 Å². The van der Waals surface area contributed by atoms with Crippen molar-refractivity contribution in [1.29, 1.82) is 0 Å². The average Bonchev–Trinajstić information content (AvgIpc) is 2.49. The Hall–Kier alpha value is -2.10. The fourth-order valence-electron chi connectivity index (χ4n) is 2.48. The van der Waals surface area contributed by atoms with Gasteiger partial charge in [-0.15, -0.1) is 0 Å². The van der Waals surface area contributed by atoms with E-state index in [-0.39, 0.29) is 11.9 Å². The monoisotopic (exact) mass is 303 g/mol. The summed E-state index contributed by atoms with van der Waals surface area (Å²) in [5.41, 5.74) is 6.54. The van der Waals surface area contributed by atoms with E-state index in [0.29, 0.717) is 12.8 Å². The molecule has 0 heterocycles. The number of methoxy groups -OCH3 is 1. The Labute approximate surface area is 132 Å². The molecule has 0 radical (unpaired) electrons. The van der Waals surface area contributed by atoms with Crippen molar-refractivity contribution in [3.05, 3.63) is 42.0 Å². The van der Waals surface area contributed by atoms with Gasteiger partial charge in [0.1, 0.15) is 0 Å². The topological polar surface area (TPSA) is 69.4 Å². The smallest absolute Gasteiger partial charge is 0.309 e. The van der Waals surface area contributed by atoms with E-state index in [0.717, 1.165) is 5.56 Å². The zero-order valence-electron chi connectivity index (χ0n) is 13.5. The highest BCUT2D eigenvalue weighted by Crippen LogP contribution is 2.25. The molecule has 1 aromatic carbocycles. The van der Waals surface area contributed by atoms with Crippen molar-refractivity contribution in [3.63, 3.8) is 0 Å². The summed E-state index contributed by atoms with van der Waals surface area (Å²) in [5, 5.41) is 0. The van der Waals surface area contributed by atoms with Gasteiger partial charge in [0.25, 0.3) is 0 Å². The van der Waals surface area contributed by atoms with Gasteiger partial charge in [-0.1, -0.05) is 56.3 Å². The molecule has 0 saturated heterocycles. The van der Waals surface area contributed by atoms with E-state index in [4.69, 9.17) is 10.5 Å². The maximum Gasteiger partial charge on any atom is 0.309 e. The van der Waals surface area contributed by atoms with E-state index in [9.17, 15) is 9.59 Å². The highest BCUT2D eigenvalue weighted by atomic mass is 16.5. The standard InChI is InChI=1S/C18H25NO3/c1-13(2)12-16(17(19)20)15(18(21)22-3)11-7-10-14-8-5-4-6-9-14/h4-10,13,15-16H,11-12H2,1-3H3,(H2,19,20)/t15-,16+/m0/s1. The summed E-state index contributed by atoms with van der Waals surface area (Å²) in [6, 6.07) is 9.79. The minimum absolute atomic E-state index is 0.280. The third-order valence-electron chi connectivity index (χ3n) is 3.58. The molecule has 120 valence electrons. The van der Waals surface area contributed by atoms with Gasteiger partial charge in [-0.2, -0.15) is 0 Å². The van der Waals surface area contributed by atoms with Crippen LogP contribution in [0, 0.1) is 17.8 Å². The fourth-order valence-corrected chi connectivity index (χ4v) is 2.48. The van der Waals surface area contributed by atoms with Crippen molar-refractivity contribution in [2.24, 2.45) is 23.5 Å². The molecular weight excluding hydrogens is 278 g/mol. The van der Waals surface area contributed by atoms with Crippen LogP contribution in [0.3, 0.4) is 0 Å². The number of carbonyl (C=O) groups is 2. The molecule has 22 heavy (non-hydrogen) atoms. The lowest BCUT2D eigenvalue weighted by molar-refractivity contribution is -0.150. The van der Waals surface area contributed by atoms with E-state index < -0.39 is 17.7 Å². The highest BCUT2D eigenvalue weighted by molar-refractivity contribution is 5.84. The number of carbonyl (C=O) groups excluding carboxylic acids is 2. The quantitative estimate of drug-likeness (QED) is 0.750. The number of ether oxygens (including phenoxy) is 1. The SMILES string of the molecule is COC(=O)[C@@H](CC=Cc1ccccc1)[C@@H](CC(C)C)C(N)=O. The predicted molar refractivity (Wildman–Crippen MR) is 87.7 cm³/mol. The van der Waals surface area contributed by atoms with Crippen molar-refractivity contribution >= 4 is 18.0 Å². The number of allylic oxidation sites excluding steroid dienone is 1. The van der Waals surface area contributed by atoms with Crippen molar-refractivity contribution in [2.45, 2.75) is 26.7 Å². The number of hydrogen-bond donors (Lipinski definition) is 1. The molecule has 1 amide bonds. The van der Waals surface area contributed by atoms with Gasteiger partial charge in [0, 0.05) is 0 Å². The first kappa shape index (κ1) is 18.0. The summed E-state index contributed by atoms with van der Waals surface area (Å²) < 4.78 is 4.85. The van der Waals surface area contributed by atoms with Crippen LogP contribution in [0.25, 0.3) is 6.08 Å². The molecule has 0 aliphatic carbocycles. The van der Waals surface area contributed by atoms with E-state index in [1.165, 1.54) is 7.11 Å². The largest absolute Gasteiger partial charge is 0.469 e. The van der Waals surface area contributed by atoms with Gasteiger partial charge in [-0.05, 0) is 24.3 Å². The van der Waals surface area contributed by atoms with Gasteiger partial charge in [0.15, 0.2) is 0 Å². The molecule has 0 aliphatic rings. The Bertz CT molecular complexity index is 508. The van der Waals surface area contributed by atoms with Gasteiger partial charge in [0.05, 0.1) is 18.9 Å². The molecule has 0 spiro atoms. The van der Waals surface area contributed by atoms with Gasteiger partial charge < -0.3 is 10.5 Å². The Morgan fingerprint density at radius 1 is 1.18 bits per heavy atom. The second-order valence-electron chi connectivity index (χ2n) is 5.82. The number of benzene rings is 1. The van der Waals surface area contributed by atoms with Crippen molar-refractivity contribution < 1.29 is 14.3 Å². The van der Waals surface area contributed by atoms with Crippen molar-refractivity contribution in [3.8, 4) is 0 Å². The molecule has 0 fully saturated rings. The number of amides is 1. The third-order valence-corrected chi connectivity index (χ3v) is 3.58. The zero-order chi connectivity index (χ0) is 16.5. The Morgan fingerprint density at radius 2 is 1.82 bits per heavy atom. The van der Waals surface area contributed by atoms with Crippen LogP contribution in [0.1, 0.15) is 32.3 Å². The highest BCUT2D eigenvalue weighted by Gasteiger charge is 2.32. The number of rotatable bonds is 8. The van der Waals surface area contributed by atoms with Crippen LogP contribution in [0.5, 0.6) is 0 Å². The Kier molecular flexibility index (Phi) is 7.37. The molecule has 2 atom stereocenters. The van der Waals surface area contributed by atoms with Crippen LogP contribution in [0.15, 0.2) is 36.4 Å². The predicted octanol–water partition coefficient (Wildman–Crippen LogP) is 3.03. The van der Waals surface area contributed by atoms with Gasteiger partial charge in [-0.3, -0.25) is 9.59 Å². The molecule has 2 N–H and O–H groups in total. The van der Waals surface area contributed by atoms with Crippen LogP contribution in [0.2, 0.25) is 0 Å². The van der Waals surface area contributed by atoms with Crippen LogP contribution in [-0.4, -0.2) is 19.0 Å². The van der Waals surface area contributed by atoms with Crippen LogP contribution >= 0.6 is 0 Å². The fraction of sp³-hybridized carbons (Fsp3) is 0.444. The number of hydrogen-bond acceptors (Lipinski definition) is 3. The lowest BCUT2D eigenvalue weighted by atomic mass is 9.82. The molecule has 0 unspecified atom stereocenters. The first-order valence-corrected chi connectivity index (χ1v) is 7.54. The van der Waals surface area contributed by atoms with E-state index in [1.807, 2.05) is 56.3 Å². The normalized spacial score (nSPS) is 14.0. The van der Waals surface area contributed by atoms with Crippen molar-refractivity contribution in [2.75, 3.05) is 7.11 Å². The summed E-state index contributed by atoms with van der Waals surface area (Å²) in [5.74, 6) is -1.60. The third kappa shape index (κ3) is 5.72. The second-order valence-corrected chi connectivity index (χ2v) is 5.82. The summed E-state index contributed by atoms with van der Waals surface area (Å²) in [6.45, 7) is 4.01. The Morgan fingerprint density at radius 3 is 2.32 bits per heavy atom. The molecule has 0 saturated carbocycles. The molecule has 4 nitrogen and oxygen atoms in total.